The third kappa shape index (κ3) is 2.49. The van der Waals surface area contributed by atoms with E-state index in [-0.39, 0.29) is 17.6 Å². The van der Waals surface area contributed by atoms with Crippen LogP contribution in [0, 0.1) is 0 Å². The zero-order valence-corrected chi connectivity index (χ0v) is 18.5. The average Bonchev–Trinajstić information content (AvgIpc) is 3.16. The van der Waals surface area contributed by atoms with E-state index in [1.807, 2.05) is 42.5 Å². The van der Waals surface area contributed by atoms with Gasteiger partial charge in [0.1, 0.15) is 5.82 Å². The van der Waals surface area contributed by atoms with Crippen LogP contribution in [0.15, 0.2) is 103 Å². The Balaban J connectivity index is 1.39. The highest BCUT2D eigenvalue weighted by molar-refractivity contribution is 6.34. The number of benzene rings is 2. The second-order valence-electron chi connectivity index (χ2n) is 8.83. The molecule has 7 nitrogen and oxygen atoms in total. The van der Waals surface area contributed by atoms with Crippen molar-refractivity contribution in [3.8, 4) is 0 Å². The lowest BCUT2D eigenvalue weighted by atomic mass is 9.86. The zero-order chi connectivity index (χ0) is 23.7. The predicted molar refractivity (Wildman–Crippen MR) is 129 cm³/mol. The van der Waals surface area contributed by atoms with Gasteiger partial charge in [0.25, 0.3) is 11.8 Å². The van der Waals surface area contributed by atoms with Crippen molar-refractivity contribution >= 4 is 28.9 Å². The first-order chi connectivity index (χ1) is 17.1. The van der Waals surface area contributed by atoms with E-state index in [2.05, 4.69) is 9.88 Å². The minimum atomic E-state index is -1.35. The van der Waals surface area contributed by atoms with E-state index in [9.17, 15) is 14.4 Å². The molecule has 7 heteroatoms. The maximum absolute atomic E-state index is 14.2. The number of anilines is 1. The topological polar surface area (TPSA) is 73.8 Å². The lowest BCUT2D eigenvalue weighted by Gasteiger charge is -2.44. The molecule has 2 aromatic carbocycles. The second kappa shape index (κ2) is 6.87. The smallest absolute Gasteiger partial charge is 0.262 e. The fourth-order valence-corrected chi connectivity index (χ4v) is 5.38. The van der Waals surface area contributed by atoms with Gasteiger partial charge in [-0.05, 0) is 47.5 Å². The van der Waals surface area contributed by atoms with Gasteiger partial charge in [0.05, 0.1) is 23.4 Å². The Kier molecular flexibility index (Phi) is 3.86. The summed E-state index contributed by atoms with van der Waals surface area (Å²) in [5.41, 5.74) is 2.86. The van der Waals surface area contributed by atoms with E-state index in [4.69, 9.17) is 0 Å². The third-order valence-electron chi connectivity index (χ3n) is 7.04. The number of Topliss-reactive ketones (excluding diaryl/α,β-unsaturated/α-hetero) is 1. The lowest BCUT2D eigenvalue weighted by molar-refractivity contribution is -0.117. The van der Waals surface area contributed by atoms with Gasteiger partial charge in [-0.3, -0.25) is 29.2 Å². The Hall–Kier alpha value is -4.78. The number of pyridine rings is 1. The predicted octanol–water partition coefficient (Wildman–Crippen LogP) is 3.73. The second-order valence-corrected chi connectivity index (χ2v) is 8.83. The summed E-state index contributed by atoms with van der Waals surface area (Å²) in [5.74, 6) is -0.0760. The maximum atomic E-state index is 14.2. The molecule has 168 valence electrons. The average molecular weight is 458 g/mol. The molecule has 4 aliphatic rings. The molecule has 2 amide bonds. The number of amides is 2. The Morgan fingerprint density at radius 1 is 0.857 bits per heavy atom. The SMILES string of the molecule is O=C(c1ccncc1)N1C=CC2(C=C1)C(=O)C1=C3N(Cc4ccccc41)c1ccccc1C(=O)N32. The summed E-state index contributed by atoms with van der Waals surface area (Å²) in [4.78, 5) is 50.0. The van der Waals surface area contributed by atoms with Gasteiger partial charge in [0.2, 0.25) is 5.78 Å². The van der Waals surface area contributed by atoms with Gasteiger partial charge < -0.3 is 4.90 Å². The van der Waals surface area contributed by atoms with Crippen molar-refractivity contribution in [3.05, 3.63) is 126 Å². The molecular formula is C28H18N4O3. The van der Waals surface area contributed by atoms with Crippen molar-refractivity contribution in [2.24, 2.45) is 0 Å². The van der Waals surface area contributed by atoms with Crippen LogP contribution in [0.25, 0.3) is 5.57 Å². The quantitative estimate of drug-likeness (QED) is 0.556. The van der Waals surface area contributed by atoms with Crippen molar-refractivity contribution in [2.75, 3.05) is 4.90 Å². The minimum absolute atomic E-state index is 0.186. The van der Waals surface area contributed by atoms with Gasteiger partial charge >= 0.3 is 0 Å². The summed E-state index contributed by atoms with van der Waals surface area (Å²) in [7, 11) is 0. The molecule has 0 bridgehead atoms. The van der Waals surface area contributed by atoms with Crippen molar-refractivity contribution < 1.29 is 14.4 Å². The van der Waals surface area contributed by atoms with Gasteiger partial charge in [-0.25, -0.2) is 0 Å². The number of nitrogens with zero attached hydrogens (tertiary/aromatic N) is 4. The summed E-state index contributed by atoms with van der Waals surface area (Å²) in [6, 6.07) is 18.5. The van der Waals surface area contributed by atoms with Gasteiger partial charge in [-0.2, -0.15) is 0 Å². The monoisotopic (exact) mass is 458 g/mol. The summed E-state index contributed by atoms with van der Waals surface area (Å²) in [6.07, 6.45) is 9.56. The molecule has 0 fully saturated rings. The fraction of sp³-hybridized carbons (Fsp3) is 0.0714. The number of para-hydroxylation sites is 1. The highest BCUT2D eigenvalue weighted by Gasteiger charge is 2.58. The third-order valence-corrected chi connectivity index (χ3v) is 7.04. The summed E-state index contributed by atoms with van der Waals surface area (Å²) in [6.45, 7) is 0.555. The van der Waals surface area contributed by atoms with Crippen LogP contribution in [0.4, 0.5) is 5.69 Å². The number of carbonyl (C=O) groups is 3. The number of carbonyl (C=O) groups excluding carboxylic acids is 3. The molecule has 0 unspecified atom stereocenters. The molecule has 5 heterocycles. The minimum Gasteiger partial charge on any atom is -0.322 e. The Labute approximate surface area is 200 Å². The van der Waals surface area contributed by atoms with Gasteiger partial charge in [0, 0.05) is 30.4 Å². The van der Waals surface area contributed by atoms with E-state index in [0.717, 1.165) is 16.8 Å². The molecule has 1 spiro atoms. The van der Waals surface area contributed by atoms with Gasteiger partial charge in [0.15, 0.2) is 5.54 Å². The molecule has 7 rings (SSSR count). The number of hydrogen-bond donors (Lipinski definition) is 0. The first-order valence-corrected chi connectivity index (χ1v) is 11.3. The summed E-state index contributed by atoms with van der Waals surface area (Å²) in [5, 5.41) is 0. The molecule has 0 N–H and O–H groups in total. The number of rotatable bonds is 1. The molecular weight excluding hydrogens is 440 g/mol. The largest absolute Gasteiger partial charge is 0.322 e. The number of hydrogen-bond acceptors (Lipinski definition) is 5. The normalized spacial score (nSPS) is 18.7. The van der Waals surface area contributed by atoms with E-state index < -0.39 is 5.54 Å². The summed E-state index contributed by atoms with van der Waals surface area (Å²) < 4.78 is 0. The Bertz CT molecular complexity index is 1540. The van der Waals surface area contributed by atoms with Gasteiger partial charge in [-0.15, -0.1) is 0 Å². The molecule has 0 atom stereocenters. The molecule has 0 radical (unpaired) electrons. The van der Waals surface area contributed by atoms with E-state index in [1.165, 1.54) is 4.90 Å². The van der Waals surface area contributed by atoms with Crippen molar-refractivity contribution in [1.82, 2.24) is 14.8 Å². The zero-order valence-electron chi connectivity index (χ0n) is 18.5. The Morgan fingerprint density at radius 3 is 2.31 bits per heavy atom. The number of fused-ring (bicyclic) bond motifs is 5. The van der Waals surface area contributed by atoms with Crippen LogP contribution in [0.1, 0.15) is 31.8 Å². The van der Waals surface area contributed by atoms with Crippen LogP contribution in [-0.2, 0) is 11.3 Å². The van der Waals surface area contributed by atoms with Crippen LogP contribution in [-0.4, -0.2) is 37.9 Å². The van der Waals surface area contributed by atoms with E-state index in [0.29, 0.717) is 29.1 Å². The molecule has 4 aliphatic heterocycles. The van der Waals surface area contributed by atoms with Crippen LogP contribution in [0.3, 0.4) is 0 Å². The number of aromatic nitrogens is 1. The molecule has 1 aromatic heterocycles. The van der Waals surface area contributed by atoms with Crippen LogP contribution in [0.5, 0.6) is 0 Å². The highest BCUT2D eigenvalue weighted by Crippen LogP contribution is 2.52. The Morgan fingerprint density at radius 2 is 1.54 bits per heavy atom. The van der Waals surface area contributed by atoms with Crippen LogP contribution < -0.4 is 4.90 Å². The van der Waals surface area contributed by atoms with Gasteiger partial charge in [-0.1, -0.05) is 36.4 Å². The first kappa shape index (κ1) is 19.7. The van der Waals surface area contributed by atoms with Crippen LogP contribution in [0.2, 0.25) is 0 Å². The van der Waals surface area contributed by atoms with Crippen molar-refractivity contribution in [3.63, 3.8) is 0 Å². The van der Waals surface area contributed by atoms with Crippen molar-refractivity contribution in [2.45, 2.75) is 12.1 Å². The standard InChI is InChI=1S/C28H18N4O3/c33-24-23-20-6-2-1-5-19(20)17-31-22-8-4-3-7-21(22)27(35)32(25(23)31)28(24)11-15-30(16-12-28)26(34)18-9-13-29-14-10-18/h1-16H,17H2. The lowest BCUT2D eigenvalue weighted by Crippen LogP contribution is -2.55. The van der Waals surface area contributed by atoms with E-state index in [1.54, 1.807) is 60.0 Å². The van der Waals surface area contributed by atoms with E-state index >= 15 is 0 Å². The molecule has 35 heavy (non-hydrogen) atoms. The summed E-state index contributed by atoms with van der Waals surface area (Å²) >= 11 is 0. The highest BCUT2D eigenvalue weighted by atomic mass is 16.2. The van der Waals surface area contributed by atoms with Crippen LogP contribution >= 0.6 is 0 Å². The molecule has 0 saturated carbocycles. The first-order valence-electron chi connectivity index (χ1n) is 11.3. The van der Waals surface area contributed by atoms with Crippen molar-refractivity contribution in [1.29, 1.82) is 0 Å². The molecule has 3 aromatic rings. The maximum Gasteiger partial charge on any atom is 0.262 e. The number of ketones is 1. The fourth-order valence-electron chi connectivity index (χ4n) is 5.38. The molecule has 0 aliphatic carbocycles. The molecule has 0 saturated heterocycles.